The Morgan fingerprint density at radius 2 is 2.06 bits per heavy atom. The van der Waals surface area contributed by atoms with Gasteiger partial charge in [-0.15, -0.1) is 22.7 Å². The highest BCUT2D eigenvalue weighted by atomic mass is 79.9. The van der Waals surface area contributed by atoms with E-state index in [1.165, 1.54) is 38.4 Å². The molecule has 0 saturated carbocycles. The van der Waals surface area contributed by atoms with E-state index in [-0.39, 0.29) is 0 Å². The van der Waals surface area contributed by atoms with Crippen LogP contribution in [0.25, 0.3) is 0 Å². The Labute approximate surface area is 126 Å². The van der Waals surface area contributed by atoms with Crippen LogP contribution in [0.4, 0.5) is 0 Å². The molecular weight excluding hydrogens is 380 g/mol. The molecular formula is C13H12Br2S2. The van der Waals surface area contributed by atoms with Crippen LogP contribution < -0.4 is 0 Å². The molecule has 2 aromatic heterocycles. The second-order valence-corrected chi connectivity index (χ2v) is 9.09. The standard InChI is InChI=1S/C13H12Br2S2/c1-7-9(6-12(14)16-7)13(15)11-5-8-3-2-4-10(8)17-11/h5-6,13H,2-4H2,1H3. The summed E-state index contributed by atoms with van der Waals surface area (Å²) in [4.78, 5) is 4.83. The third-order valence-corrected chi connectivity index (χ3v) is 7.38. The van der Waals surface area contributed by atoms with Crippen molar-refractivity contribution in [3.05, 3.63) is 41.7 Å². The van der Waals surface area contributed by atoms with Crippen molar-refractivity contribution in [3.8, 4) is 0 Å². The molecule has 0 radical (unpaired) electrons. The molecule has 0 N–H and O–H groups in total. The SMILES string of the molecule is Cc1sc(Br)cc1C(Br)c1cc2c(s1)CCC2. The average molecular weight is 392 g/mol. The molecule has 0 bridgehead atoms. The molecule has 2 heterocycles. The van der Waals surface area contributed by atoms with Crippen molar-refractivity contribution in [2.45, 2.75) is 31.0 Å². The van der Waals surface area contributed by atoms with Gasteiger partial charge in [0.2, 0.25) is 0 Å². The molecule has 0 aliphatic heterocycles. The third-order valence-electron chi connectivity index (χ3n) is 3.21. The molecule has 0 fully saturated rings. The number of aryl methyl sites for hydroxylation is 3. The van der Waals surface area contributed by atoms with Crippen LogP contribution in [-0.4, -0.2) is 0 Å². The molecule has 0 nitrogen and oxygen atoms in total. The maximum atomic E-state index is 3.86. The van der Waals surface area contributed by atoms with Gasteiger partial charge in [0.1, 0.15) is 0 Å². The Hall–Kier alpha value is 0.360. The largest absolute Gasteiger partial charge is 0.144 e. The third kappa shape index (κ3) is 2.29. The van der Waals surface area contributed by atoms with Crippen LogP contribution in [0, 0.1) is 6.92 Å². The van der Waals surface area contributed by atoms with Crippen LogP contribution in [0.1, 0.15) is 37.0 Å². The summed E-state index contributed by atoms with van der Waals surface area (Å²) in [6.07, 6.45) is 3.90. The zero-order chi connectivity index (χ0) is 12.0. The Balaban J connectivity index is 1.95. The van der Waals surface area contributed by atoms with Crippen molar-refractivity contribution in [3.63, 3.8) is 0 Å². The molecule has 3 rings (SSSR count). The van der Waals surface area contributed by atoms with E-state index >= 15 is 0 Å². The van der Waals surface area contributed by atoms with E-state index in [1.807, 2.05) is 22.7 Å². The monoisotopic (exact) mass is 390 g/mol. The van der Waals surface area contributed by atoms with Gasteiger partial charge in [0, 0.05) is 14.6 Å². The van der Waals surface area contributed by atoms with Crippen LogP contribution in [0.2, 0.25) is 0 Å². The molecule has 1 aliphatic rings. The number of thiophene rings is 2. The minimum absolute atomic E-state index is 0.362. The molecule has 0 saturated heterocycles. The zero-order valence-electron chi connectivity index (χ0n) is 9.43. The summed E-state index contributed by atoms with van der Waals surface area (Å²) in [5.41, 5.74) is 2.99. The highest BCUT2D eigenvalue weighted by Gasteiger charge is 2.21. The van der Waals surface area contributed by atoms with E-state index in [9.17, 15) is 0 Å². The van der Waals surface area contributed by atoms with E-state index in [4.69, 9.17) is 0 Å². The topological polar surface area (TPSA) is 0 Å². The molecule has 4 heteroatoms. The fourth-order valence-electron chi connectivity index (χ4n) is 2.34. The van der Waals surface area contributed by atoms with Gasteiger partial charge in [-0.3, -0.25) is 0 Å². The Bertz CT molecular complexity index is 532. The Kier molecular flexibility index (Phi) is 3.50. The predicted molar refractivity (Wildman–Crippen MR) is 83.9 cm³/mol. The number of fused-ring (bicyclic) bond motifs is 1. The lowest BCUT2D eigenvalue weighted by Crippen LogP contribution is -1.89. The number of alkyl halides is 1. The smallest absolute Gasteiger partial charge is 0.0749 e. The fourth-order valence-corrected chi connectivity index (χ4v) is 6.38. The Morgan fingerprint density at radius 3 is 2.71 bits per heavy atom. The van der Waals surface area contributed by atoms with E-state index in [0.717, 1.165) is 0 Å². The highest BCUT2D eigenvalue weighted by Crippen LogP contribution is 2.43. The second-order valence-electron chi connectivity index (χ2n) is 4.38. The lowest BCUT2D eigenvalue weighted by molar-refractivity contribution is 0.913. The van der Waals surface area contributed by atoms with Crippen LogP contribution in [0.15, 0.2) is 15.9 Å². The zero-order valence-corrected chi connectivity index (χ0v) is 14.2. The van der Waals surface area contributed by atoms with E-state index in [2.05, 4.69) is 50.9 Å². The van der Waals surface area contributed by atoms with Crippen molar-refractivity contribution >= 4 is 54.5 Å². The van der Waals surface area contributed by atoms with E-state index < -0.39 is 0 Å². The molecule has 1 aliphatic carbocycles. The van der Waals surface area contributed by atoms with Crippen molar-refractivity contribution in [1.82, 2.24) is 0 Å². The first-order chi connectivity index (χ1) is 8.15. The quantitative estimate of drug-likeness (QED) is 0.563. The van der Waals surface area contributed by atoms with Crippen LogP contribution in [-0.2, 0) is 12.8 Å². The van der Waals surface area contributed by atoms with Crippen molar-refractivity contribution < 1.29 is 0 Å². The summed E-state index contributed by atoms with van der Waals surface area (Å²) in [6.45, 7) is 2.19. The van der Waals surface area contributed by atoms with Gasteiger partial charge in [-0.05, 0) is 65.4 Å². The summed E-state index contributed by atoms with van der Waals surface area (Å²) < 4.78 is 1.22. The van der Waals surface area contributed by atoms with E-state index in [1.54, 1.807) is 10.4 Å². The summed E-state index contributed by atoms with van der Waals surface area (Å²) in [7, 11) is 0. The lowest BCUT2D eigenvalue weighted by atomic mass is 10.1. The van der Waals surface area contributed by atoms with Gasteiger partial charge < -0.3 is 0 Å². The lowest BCUT2D eigenvalue weighted by Gasteiger charge is -2.07. The molecule has 90 valence electrons. The molecule has 1 unspecified atom stereocenters. The van der Waals surface area contributed by atoms with Crippen LogP contribution in [0.3, 0.4) is 0 Å². The predicted octanol–water partition coefficient (Wildman–Crippen LogP) is 5.85. The normalized spacial score (nSPS) is 16.2. The summed E-state index contributed by atoms with van der Waals surface area (Å²) >= 11 is 11.2. The van der Waals surface area contributed by atoms with Crippen molar-refractivity contribution in [1.29, 1.82) is 0 Å². The molecule has 0 spiro atoms. The van der Waals surface area contributed by atoms with Gasteiger partial charge in [0.15, 0.2) is 0 Å². The van der Waals surface area contributed by atoms with Crippen molar-refractivity contribution in [2.24, 2.45) is 0 Å². The maximum Gasteiger partial charge on any atom is 0.0749 e. The fraction of sp³-hybridized carbons (Fsp3) is 0.385. The Morgan fingerprint density at radius 1 is 1.24 bits per heavy atom. The maximum absolute atomic E-state index is 3.86. The van der Waals surface area contributed by atoms with Crippen LogP contribution in [0.5, 0.6) is 0 Å². The number of halogens is 2. The van der Waals surface area contributed by atoms with Gasteiger partial charge in [0.05, 0.1) is 8.61 Å². The molecule has 2 aromatic rings. The number of hydrogen-bond acceptors (Lipinski definition) is 2. The van der Waals surface area contributed by atoms with Gasteiger partial charge in [-0.25, -0.2) is 0 Å². The first-order valence-electron chi connectivity index (χ1n) is 5.66. The summed E-state index contributed by atoms with van der Waals surface area (Å²) in [5, 5.41) is 0. The first kappa shape index (κ1) is 12.4. The summed E-state index contributed by atoms with van der Waals surface area (Å²) in [6, 6.07) is 4.64. The number of rotatable bonds is 2. The van der Waals surface area contributed by atoms with E-state index in [0.29, 0.717) is 4.83 Å². The van der Waals surface area contributed by atoms with Gasteiger partial charge in [-0.1, -0.05) is 15.9 Å². The molecule has 17 heavy (non-hydrogen) atoms. The average Bonchev–Trinajstić information content (AvgIpc) is 2.90. The molecule has 0 amide bonds. The van der Waals surface area contributed by atoms with Gasteiger partial charge >= 0.3 is 0 Å². The summed E-state index contributed by atoms with van der Waals surface area (Å²) in [5.74, 6) is 0. The van der Waals surface area contributed by atoms with Gasteiger partial charge in [-0.2, -0.15) is 0 Å². The van der Waals surface area contributed by atoms with Gasteiger partial charge in [0.25, 0.3) is 0 Å². The molecule has 0 aromatic carbocycles. The minimum Gasteiger partial charge on any atom is -0.144 e. The first-order valence-corrected chi connectivity index (χ1v) is 9.00. The van der Waals surface area contributed by atoms with Crippen LogP contribution >= 0.6 is 54.5 Å². The molecule has 1 atom stereocenters. The second kappa shape index (κ2) is 4.80. The highest BCUT2D eigenvalue weighted by molar-refractivity contribution is 9.11. The minimum atomic E-state index is 0.362. The number of hydrogen-bond donors (Lipinski definition) is 0. The van der Waals surface area contributed by atoms with Crippen molar-refractivity contribution in [2.75, 3.05) is 0 Å².